The van der Waals surface area contributed by atoms with E-state index >= 15 is 0 Å². The lowest BCUT2D eigenvalue weighted by Gasteiger charge is -1.96. The molecule has 0 radical (unpaired) electrons. The first-order chi connectivity index (χ1) is 4.70. The number of allylic oxidation sites excluding steroid dienone is 3. The average molecular weight is 139 g/mol. The highest BCUT2D eigenvalue weighted by molar-refractivity contribution is 5.18. The van der Waals surface area contributed by atoms with Gasteiger partial charge >= 0.3 is 0 Å². The predicted molar refractivity (Wildman–Crippen MR) is 46.8 cm³/mol. The molecule has 0 aliphatic rings. The van der Waals surface area contributed by atoms with Crippen LogP contribution in [-0.4, -0.2) is 6.04 Å². The first kappa shape index (κ1) is 9.44. The van der Waals surface area contributed by atoms with Crippen molar-refractivity contribution in [1.29, 1.82) is 0 Å². The molecule has 0 bridgehead atoms. The van der Waals surface area contributed by atoms with Gasteiger partial charge in [-0.15, -0.1) is 0 Å². The SMILES string of the molecule is C/C=C(\C=C/C(C)N)CC. The molecule has 0 aromatic carbocycles. The number of nitrogens with two attached hydrogens (primary N) is 1. The Morgan fingerprint density at radius 3 is 2.50 bits per heavy atom. The molecule has 0 saturated carbocycles. The minimum Gasteiger partial charge on any atom is -0.325 e. The number of rotatable bonds is 3. The summed E-state index contributed by atoms with van der Waals surface area (Å²) in [5.41, 5.74) is 6.88. The Balaban J connectivity index is 3.86. The summed E-state index contributed by atoms with van der Waals surface area (Å²) in [6, 6.07) is 0.168. The molecule has 1 atom stereocenters. The van der Waals surface area contributed by atoms with E-state index in [2.05, 4.69) is 19.1 Å². The molecule has 0 aliphatic carbocycles. The minimum atomic E-state index is 0.168. The van der Waals surface area contributed by atoms with Gasteiger partial charge in [-0.2, -0.15) is 0 Å². The first-order valence-corrected chi connectivity index (χ1v) is 3.79. The molecule has 10 heavy (non-hydrogen) atoms. The predicted octanol–water partition coefficient (Wildman–Crippen LogP) is 2.25. The quantitative estimate of drug-likeness (QED) is 0.596. The van der Waals surface area contributed by atoms with Crippen molar-refractivity contribution in [2.75, 3.05) is 0 Å². The molecule has 0 aromatic rings. The van der Waals surface area contributed by atoms with E-state index in [0.29, 0.717) is 0 Å². The van der Waals surface area contributed by atoms with Crippen LogP contribution in [0.3, 0.4) is 0 Å². The average Bonchev–Trinajstić information content (AvgIpc) is 1.90. The Morgan fingerprint density at radius 2 is 2.20 bits per heavy atom. The van der Waals surface area contributed by atoms with Gasteiger partial charge in [-0.1, -0.05) is 30.7 Å². The molecule has 0 spiro atoms. The zero-order chi connectivity index (χ0) is 7.98. The smallest absolute Gasteiger partial charge is 0.0197 e. The van der Waals surface area contributed by atoms with Gasteiger partial charge in [-0.25, -0.2) is 0 Å². The lowest BCUT2D eigenvalue weighted by Crippen LogP contribution is -2.10. The van der Waals surface area contributed by atoms with Crippen molar-refractivity contribution < 1.29 is 0 Å². The highest BCUT2D eigenvalue weighted by Gasteiger charge is 1.86. The third kappa shape index (κ3) is 4.33. The van der Waals surface area contributed by atoms with Crippen LogP contribution in [0.2, 0.25) is 0 Å². The summed E-state index contributed by atoms with van der Waals surface area (Å²) in [4.78, 5) is 0. The molecule has 0 fully saturated rings. The van der Waals surface area contributed by atoms with Crippen LogP contribution in [-0.2, 0) is 0 Å². The maximum Gasteiger partial charge on any atom is 0.0197 e. The van der Waals surface area contributed by atoms with Gasteiger partial charge in [0.15, 0.2) is 0 Å². The lowest BCUT2D eigenvalue weighted by molar-refractivity contribution is 0.922. The van der Waals surface area contributed by atoms with Gasteiger partial charge in [0, 0.05) is 6.04 Å². The van der Waals surface area contributed by atoms with E-state index in [1.807, 2.05) is 19.9 Å². The summed E-state index contributed by atoms with van der Waals surface area (Å²) in [5.74, 6) is 0. The van der Waals surface area contributed by atoms with Crippen LogP contribution < -0.4 is 5.73 Å². The first-order valence-electron chi connectivity index (χ1n) is 3.79. The maximum absolute atomic E-state index is 5.54. The molecule has 0 amide bonds. The van der Waals surface area contributed by atoms with Crippen LogP contribution in [0.5, 0.6) is 0 Å². The molecule has 58 valence electrons. The van der Waals surface area contributed by atoms with Crippen LogP contribution >= 0.6 is 0 Å². The van der Waals surface area contributed by atoms with Gasteiger partial charge in [0.2, 0.25) is 0 Å². The fourth-order valence-corrected chi connectivity index (χ4v) is 0.694. The van der Waals surface area contributed by atoms with Gasteiger partial charge in [0.25, 0.3) is 0 Å². The highest BCUT2D eigenvalue weighted by atomic mass is 14.6. The molecule has 0 heterocycles. The third-order valence-corrected chi connectivity index (χ3v) is 1.39. The van der Waals surface area contributed by atoms with Gasteiger partial charge in [0.05, 0.1) is 0 Å². The molecule has 1 nitrogen and oxygen atoms in total. The van der Waals surface area contributed by atoms with E-state index < -0.39 is 0 Å². The Labute approximate surface area is 63.6 Å². The number of hydrogen-bond acceptors (Lipinski definition) is 1. The molecule has 1 heteroatoms. The molecule has 1 unspecified atom stereocenters. The second-order valence-electron chi connectivity index (χ2n) is 2.44. The Bertz CT molecular complexity index is 132. The van der Waals surface area contributed by atoms with Crippen molar-refractivity contribution in [2.45, 2.75) is 33.2 Å². The summed E-state index contributed by atoms with van der Waals surface area (Å²) < 4.78 is 0. The van der Waals surface area contributed by atoms with Gasteiger partial charge in [0.1, 0.15) is 0 Å². The maximum atomic E-state index is 5.54. The third-order valence-electron chi connectivity index (χ3n) is 1.39. The second kappa shape index (κ2) is 5.24. The van der Waals surface area contributed by atoms with E-state index in [4.69, 9.17) is 5.73 Å². The Hall–Kier alpha value is -0.560. The summed E-state index contributed by atoms with van der Waals surface area (Å²) >= 11 is 0. The van der Waals surface area contributed by atoms with Crippen molar-refractivity contribution in [3.63, 3.8) is 0 Å². The summed E-state index contributed by atoms with van der Waals surface area (Å²) in [6.45, 7) is 6.16. The highest BCUT2D eigenvalue weighted by Crippen LogP contribution is 2.01. The molecular formula is C9H17N. The Morgan fingerprint density at radius 1 is 1.60 bits per heavy atom. The van der Waals surface area contributed by atoms with Gasteiger partial charge in [-0.3, -0.25) is 0 Å². The topological polar surface area (TPSA) is 26.0 Å². The summed E-state index contributed by atoms with van der Waals surface area (Å²) in [7, 11) is 0. The summed E-state index contributed by atoms with van der Waals surface area (Å²) in [5, 5.41) is 0. The van der Waals surface area contributed by atoms with Crippen LogP contribution in [0.15, 0.2) is 23.8 Å². The fourth-order valence-electron chi connectivity index (χ4n) is 0.694. The van der Waals surface area contributed by atoms with Crippen molar-refractivity contribution in [2.24, 2.45) is 5.73 Å². The molecular weight excluding hydrogens is 122 g/mol. The normalized spacial score (nSPS) is 16.2. The Kier molecular flexibility index (Phi) is 4.95. The summed E-state index contributed by atoms with van der Waals surface area (Å²) in [6.07, 6.45) is 7.29. The van der Waals surface area contributed by atoms with Crippen molar-refractivity contribution in [3.8, 4) is 0 Å². The monoisotopic (exact) mass is 139 g/mol. The van der Waals surface area contributed by atoms with E-state index in [9.17, 15) is 0 Å². The lowest BCUT2D eigenvalue weighted by atomic mass is 10.1. The van der Waals surface area contributed by atoms with Crippen LogP contribution in [0, 0.1) is 0 Å². The molecule has 0 aliphatic heterocycles. The van der Waals surface area contributed by atoms with Crippen molar-refractivity contribution in [3.05, 3.63) is 23.8 Å². The standard InChI is InChI=1S/C9H17N/c1-4-9(5-2)7-6-8(3)10/h4,6-8H,5,10H2,1-3H3/b7-6-,9-4-. The van der Waals surface area contributed by atoms with E-state index in [1.165, 1.54) is 5.57 Å². The van der Waals surface area contributed by atoms with Crippen molar-refractivity contribution in [1.82, 2.24) is 0 Å². The second-order valence-corrected chi connectivity index (χ2v) is 2.44. The molecule has 0 saturated heterocycles. The number of hydrogen-bond donors (Lipinski definition) is 1. The molecule has 2 N–H and O–H groups in total. The molecule has 0 aromatic heterocycles. The van der Waals surface area contributed by atoms with E-state index in [0.717, 1.165) is 6.42 Å². The fraction of sp³-hybridized carbons (Fsp3) is 0.556. The van der Waals surface area contributed by atoms with Crippen LogP contribution in [0.1, 0.15) is 27.2 Å². The largest absolute Gasteiger partial charge is 0.325 e. The molecule has 0 rings (SSSR count). The van der Waals surface area contributed by atoms with Gasteiger partial charge < -0.3 is 5.73 Å². The van der Waals surface area contributed by atoms with Crippen molar-refractivity contribution >= 4 is 0 Å². The minimum absolute atomic E-state index is 0.168. The van der Waals surface area contributed by atoms with E-state index in [-0.39, 0.29) is 6.04 Å². The van der Waals surface area contributed by atoms with Gasteiger partial charge in [-0.05, 0) is 20.3 Å². The zero-order valence-electron chi connectivity index (χ0n) is 7.09. The van der Waals surface area contributed by atoms with Crippen LogP contribution in [0.4, 0.5) is 0 Å². The van der Waals surface area contributed by atoms with E-state index in [1.54, 1.807) is 0 Å². The van der Waals surface area contributed by atoms with Crippen LogP contribution in [0.25, 0.3) is 0 Å². The zero-order valence-corrected chi connectivity index (χ0v) is 7.09.